The second-order valence-corrected chi connectivity index (χ2v) is 7.08. The van der Waals surface area contributed by atoms with Gasteiger partial charge in [0, 0.05) is 12.6 Å². The Kier molecular flexibility index (Phi) is 4.85. The zero-order chi connectivity index (χ0) is 19.7. The van der Waals surface area contributed by atoms with Gasteiger partial charge in [-0.3, -0.25) is 4.79 Å². The van der Waals surface area contributed by atoms with Gasteiger partial charge in [-0.15, -0.1) is 0 Å². The number of hydrogen-bond acceptors (Lipinski definition) is 7. The Balaban J connectivity index is 1.46. The van der Waals surface area contributed by atoms with Crippen LogP contribution in [0.4, 0.5) is 0 Å². The van der Waals surface area contributed by atoms with Crippen LogP contribution in [0.15, 0.2) is 33.4 Å². The molecule has 0 spiro atoms. The zero-order valence-corrected chi connectivity index (χ0v) is 16.1. The maximum atomic E-state index is 12.9. The van der Waals surface area contributed by atoms with Crippen molar-refractivity contribution in [2.24, 2.45) is 0 Å². The predicted molar refractivity (Wildman–Crippen MR) is 98.8 cm³/mol. The maximum absolute atomic E-state index is 12.9. The van der Waals surface area contributed by atoms with Crippen LogP contribution in [0.2, 0.25) is 0 Å². The van der Waals surface area contributed by atoms with E-state index in [1.165, 1.54) is 0 Å². The van der Waals surface area contributed by atoms with Gasteiger partial charge in [0.1, 0.15) is 23.7 Å². The van der Waals surface area contributed by atoms with E-state index in [1.54, 1.807) is 11.0 Å². The summed E-state index contributed by atoms with van der Waals surface area (Å²) in [5, 5.41) is 11.7. The number of ether oxygens (including phenoxy) is 1. The predicted octanol–water partition coefficient (Wildman–Crippen LogP) is 3.54. The van der Waals surface area contributed by atoms with Crippen LogP contribution < -0.4 is 4.74 Å². The number of rotatable bonds is 5. The van der Waals surface area contributed by atoms with Crippen LogP contribution in [-0.4, -0.2) is 32.8 Å². The van der Waals surface area contributed by atoms with Crippen molar-refractivity contribution in [2.45, 2.75) is 46.3 Å². The third-order valence-electron chi connectivity index (χ3n) is 5.06. The highest BCUT2D eigenvalue weighted by molar-refractivity contribution is 5.92. The molecule has 1 unspecified atom stereocenters. The number of carbonyl (C=O) groups excluding carboxylic acids is 1. The van der Waals surface area contributed by atoms with Gasteiger partial charge in [-0.2, -0.15) is 0 Å². The summed E-state index contributed by atoms with van der Waals surface area (Å²) in [6, 6.07) is 7.46. The van der Waals surface area contributed by atoms with Crippen molar-refractivity contribution < 1.29 is 18.7 Å². The lowest BCUT2D eigenvalue weighted by atomic mass is 10.1. The number of hydrogen-bond donors (Lipinski definition) is 0. The molecule has 2 aromatic heterocycles. The first kappa shape index (κ1) is 18.2. The number of amides is 1. The molecule has 1 aliphatic rings. The number of benzene rings is 1. The number of nitrogens with zero attached hydrogens (tertiary/aromatic N) is 4. The van der Waals surface area contributed by atoms with Crippen molar-refractivity contribution in [2.75, 3.05) is 6.54 Å². The fraction of sp³-hybridized carbons (Fsp3) is 0.400. The highest BCUT2D eigenvalue weighted by Gasteiger charge is 2.35. The molecular weight excluding hydrogens is 360 g/mol. The summed E-state index contributed by atoms with van der Waals surface area (Å²) in [4.78, 5) is 14.7. The van der Waals surface area contributed by atoms with Crippen LogP contribution in [0.1, 0.15) is 57.6 Å². The molecule has 4 rings (SSSR count). The molecule has 1 fully saturated rings. The average molecular weight is 382 g/mol. The molecule has 0 radical (unpaired) electrons. The van der Waals surface area contributed by atoms with Gasteiger partial charge in [0.15, 0.2) is 11.5 Å². The molecule has 146 valence electrons. The smallest absolute Gasteiger partial charge is 0.276 e. The summed E-state index contributed by atoms with van der Waals surface area (Å²) in [5.74, 6) is 1.13. The lowest BCUT2D eigenvalue weighted by Crippen LogP contribution is -2.31. The Hall–Kier alpha value is -3.16. The van der Waals surface area contributed by atoms with Crippen LogP contribution in [0, 0.1) is 20.8 Å². The Morgan fingerprint density at radius 1 is 1.21 bits per heavy atom. The summed E-state index contributed by atoms with van der Waals surface area (Å²) in [6.07, 6.45) is 1.71. The van der Waals surface area contributed by atoms with E-state index in [4.69, 9.17) is 13.9 Å². The van der Waals surface area contributed by atoms with Gasteiger partial charge in [0.25, 0.3) is 5.91 Å². The van der Waals surface area contributed by atoms with E-state index < -0.39 is 0 Å². The number of para-hydroxylation sites is 1. The lowest BCUT2D eigenvalue weighted by molar-refractivity contribution is 0.0719. The van der Waals surface area contributed by atoms with E-state index >= 15 is 0 Å². The molecule has 0 bridgehead atoms. The zero-order valence-electron chi connectivity index (χ0n) is 16.1. The van der Waals surface area contributed by atoms with Crippen molar-refractivity contribution in [3.8, 4) is 5.75 Å². The molecule has 0 aliphatic carbocycles. The van der Waals surface area contributed by atoms with Gasteiger partial charge in [0.2, 0.25) is 0 Å². The van der Waals surface area contributed by atoms with E-state index in [9.17, 15) is 4.79 Å². The topological polar surface area (TPSA) is 94.5 Å². The molecule has 0 saturated carbocycles. The summed E-state index contributed by atoms with van der Waals surface area (Å²) in [7, 11) is 0. The SMILES string of the molecule is Cc1cccc(C)c1OCc1cc(C(=O)N2CCCC2c2nonc2C)no1. The van der Waals surface area contributed by atoms with Crippen LogP contribution in [0.25, 0.3) is 0 Å². The minimum Gasteiger partial charge on any atom is -0.485 e. The maximum Gasteiger partial charge on any atom is 0.276 e. The quantitative estimate of drug-likeness (QED) is 0.666. The highest BCUT2D eigenvalue weighted by atomic mass is 16.6. The number of carbonyl (C=O) groups is 1. The molecule has 1 saturated heterocycles. The molecule has 8 heteroatoms. The van der Waals surface area contributed by atoms with Crippen molar-refractivity contribution in [1.29, 1.82) is 0 Å². The third-order valence-corrected chi connectivity index (χ3v) is 5.06. The molecule has 1 aliphatic heterocycles. The lowest BCUT2D eigenvalue weighted by Gasteiger charge is -2.21. The largest absolute Gasteiger partial charge is 0.485 e. The molecular formula is C20H22N4O4. The first-order valence-electron chi connectivity index (χ1n) is 9.29. The molecule has 3 aromatic rings. The molecule has 3 heterocycles. The van der Waals surface area contributed by atoms with E-state index in [-0.39, 0.29) is 24.2 Å². The Morgan fingerprint density at radius 3 is 2.71 bits per heavy atom. The van der Waals surface area contributed by atoms with E-state index in [1.807, 2.05) is 39.0 Å². The van der Waals surface area contributed by atoms with Crippen LogP contribution in [0.3, 0.4) is 0 Å². The molecule has 1 atom stereocenters. The first-order chi connectivity index (χ1) is 13.5. The molecule has 1 amide bonds. The van der Waals surface area contributed by atoms with Gasteiger partial charge < -0.3 is 14.2 Å². The van der Waals surface area contributed by atoms with Gasteiger partial charge in [-0.25, -0.2) is 4.63 Å². The van der Waals surface area contributed by atoms with Crippen LogP contribution >= 0.6 is 0 Å². The number of likely N-dealkylation sites (tertiary alicyclic amines) is 1. The van der Waals surface area contributed by atoms with Crippen molar-refractivity contribution in [1.82, 2.24) is 20.4 Å². The minimum atomic E-state index is -0.188. The Labute approximate surface area is 162 Å². The van der Waals surface area contributed by atoms with Gasteiger partial charge in [0.05, 0.1) is 6.04 Å². The Morgan fingerprint density at radius 2 is 2.00 bits per heavy atom. The third kappa shape index (κ3) is 3.37. The molecule has 1 aromatic carbocycles. The fourth-order valence-electron chi connectivity index (χ4n) is 3.63. The Bertz CT molecular complexity index is 974. The van der Waals surface area contributed by atoms with Crippen LogP contribution in [-0.2, 0) is 6.61 Å². The summed E-state index contributed by atoms with van der Waals surface area (Å²) >= 11 is 0. The summed E-state index contributed by atoms with van der Waals surface area (Å²) in [5.41, 5.74) is 3.77. The summed E-state index contributed by atoms with van der Waals surface area (Å²) in [6.45, 7) is 6.66. The van der Waals surface area contributed by atoms with Gasteiger partial charge in [-0.1, -0.05) is 33.7 Å². The second-order valence-electron chi connectivity index (χ2n) is 7.08. The standard InChI is InChI=1S/C20H22N4O4/c1-12-6-4-7-13(2)19(12)26-11-15-10-16(22-27-15)20(25)24-9-5-8-17(24)18-14(3)21-28-23-18/h4,6-7,10,17H,5,8-9,11H2,1-3H3. The molecule has 0 N–H and O–H groups in total. The van der Waals surface area contributed by atoms with Crippen molar-refractivity contribution in [3.63, 3.8) is 0 Å². The minimum absolute atomic E-state index is 0.148. The van der Waals surface area contributed by atoms with Gasteiger partial charge in [-0.05, 0) is 44.7 Å². The monoisotopic (exact) mass is 382 g/mol. The molecule has 8 nitrogen and oxygen atoms in total. The van der Waals surface area contributed by atoms with E-state index in [0.29, 0.717) is 23.7 Å². The first-order valence-corrected chi connectivity index (χ1v) is 9.29. The average Bonchev–Trinajstić information content (AvgIpc) is 3.41. The fourth-order valence-corrected chi connectivity index (χ4v) is 3.63. The van der Waals surface area contributed by atoms with E-state index in [0.717, 1.165) is 29.7 Å². The van der Waals surface area contributed by atoms with Crippen LogP contribution in [0.5, 0.6) is 5.75 Å². The van der Waals surface area contributed by atoms with Crippen molar-refractivity contribution >= 4 is 5.91 Å². The second kappa shape index (κ2) is 7.46. The normalized spacial score (nSPS) is 16.5. The van der Waals surface area contributed by atoms with Crippen molar-refractivity contribution in [3.05, 3.63) is 58.2 Å². The number of aromatic nitrogens is 3. The van der Waals surface area contributed by atoms with E-state index in [2.05, 4.69) is 15.5 Å². The molecule has 28 heavy (non-hydrogen) atoms. The highest BCUT2D eigenvalue weighted by Crippen LogP contribution is 2.33. The number of aryl methyl sites for hydroxylation is 3. The summed E-state index contributed by atoms with van der Waals surface area (Å²) < 4.78 is 16.0. The van der Waals surface area contributed by atoms with Gasteiger partial charge >= 0.3 is 0 Å².